The third-order valence-electron chi connectivity index (χ3n) is 3.08. The number of nitrogens with zero attached hydrogens (tertiary/aromatic N) is 1. The summed E-state index contributed by atoms with van der Waals surface area (Å²) in [6.07, 6.45) is 0.942. The van der Waals surface area contributed by atoms with Crippen LogP contribution in [0, 0.1) is 11.7 Å². The lowest BCUT2D eigenvalue weighted by Gasteiger charge is -2.21. The Bertz CT molecular complexity index is 362. The topological polar surface area (TPSA) is 29.3 Å². The van der Waals surface area contributed by atoms with E-state index in [2.05, 4.69) is 18.7 Å². The van der Waals surface area contributed by atoms with Crippen LogP contribution in [0.2, 0.25) is 5.02 Å². The van der Waals surface area contributed by atoms with Crippen molar-refractivity contribution in [3.8, 4) is 0 Å². The summed E-state index contributed by atoms with van der Waals surface area (Å²) in [6.45, 7) is 5.82. The molecule has 1 aromatic carbocycles. The second-order valence-corrected chi connectivity index (χ2v) is 5.65. The first kappa shape index (κ1) is 15.4. The van der Waals surface area contributed by atoms with Gasteiger partial charge in [-0.3, -0.25) is 0 Å². The molecule has 102 valence electrons. The van der Waals surface area contributed by atoms with E-state index in [1.165, 1.54) is 12.1 Å². The number of hydrogen-bond acceptors (Lipinski definition) is 2. The van der Waals surface area contributed by atoms with E-state index in [9.17, 15) is 4.39 Å². The van der Waals surface area contributed by atoms with Gasteiger partial charge in [-0.25, -0.2) is 4.39 Å². The minimum Gasteiger partial charge on any atom is -0.327 e. The molecule has 1 unspecified atom stereocenters. The Labute approximate surface area is 114 Å². The Morgan fingerprint density at radius 1 is 1.33 bits per heavy atom. The van der Waals surface area contributed by atoms with Crippen LogP contribution in [0.25, 0.3) is 0 Å². The molecule has 18 heavy (non-hydrogen) atoms. The lowest BCUT2D eigenvalue weighted by molar-refractivity contribution is 0.296. The highest BCUT2D eigenvalue weighted by Gasteiger charge is 2.09. The molecule has 2 nitrogen and oxygen atoms in total. The van der Waals surface area contributed by atoms with Crippen LogP contribution in [0.15, 0.2) is 18.2 Å². The summed E-state index contributed by atoms with van der Waals surface area (Å²) in [5.74, 6) is 0.201. The van der Waals surface area contributed by atoms with Crippen molar-refractivity contribution < 1.29 is 4.39 Å². The van der Waals surface area contributed by atoms with Crippen molar-refractivity contribution >= 4 is 11.6 Å². The standard InChI is InChI=1S/C14H22ClFN2/c1-10(2)14(17)4-5-18(3)9-11-6-12(15)8-13(16)7-11/h6-8,10,14H,4-5,9,17H2,1-3H3. The van der Waals surface area contributed by atoms with Crippen LogP contribution in [0.1, 0.15) is 25.8 Å². The maximum absolute atomic E-state index is 13.2. The van der Waals surface area contributed by atoms with Gasteiger partial charge in [-0.2, -0.15) is 0 Å². The lowest BCUT2D eigenvalue weighted by atomic mass is 10.0. The summed E-state index contributed by atoms with van der Waals surface area (Å²) in [4.78, 5) is 2.13. The summed E-state index contributed by atoms with van der Waals surface area (Å²) in [6, 6.07) is 4.84. The highest BCUT2D eigenvalue weighted by Crippen LogP contribution is 2.15. The summed E-state index contributed by atoms with van der Waals surface area (Å²) in [5, 5.41) is 0.442. The molecule has 2 N–H and O–H groups in total. The molecular formula is C14H22ClFN2. The van der Waals surface area contributed by atoms with Crippen molar-refractivity contribution in [1.82, 2.24) is 4.90 Å². The van der Waals surface area contributed by atoms with Crippen LogP contribution < -0.4 is 5.73 Å². The van der Waals surface area contributed by atoms with Crippen LogP contribution >= 0.6 is 11.6 Å². The van der Waals surface area contributed by atoms with Crippen molar-refractivity contribution in [2.75, 3.05) is 13.6 Å². The van der Waals surface area contributed by atoms with E-state index in [0.29, 0.717) is 17.5 Å². The van der Waals surface area contributed by atoms with Gasteiger partial charge in [-0.05, 0) is 49.7 Å². The summed E-state index contributed by atoms with van der Waals surface area (Å²) in [5.41, 5.74) is 6.89. The predicted molar refractivity (Wildman–Crippen MR) is 75.2 cm³/mol. The molecule has 0 aromatic heterocycles. The van der Waals surface area contributed by atoms with Gasteiger partial charge in [-0.15, -0.1) is 0 Å². The van der Waals surface area contributed by atoms with Crippen LogP contribution in [0.4, 0.5) is 4.39 Å². The molecule has 0 bridgehead atoms. The molecule has 0 aliphatic carbocycles. The molecule has 0 heterocycles. The van der Waals surface area contributed by atoms with Crippen LogP contribution in [-0.2, 0) is 6.54 Å². The van der Waals surface area contributed by atoms with Crippen molar-refractivity contribution in [2.24, 2.45) is 11.7 Å². The van der Waals surface area contributed by atoms with E-state index in [1.54, 1.807) is 6.07 Å². The molecule has 0 radical (unpaired) electrons. The van der Waals surface area contributed by atoms with Crippen LogP contribution in [0.5, 0.6) is 0 Å². The van der Waals surface area contributed by atoms with E-state index in [0.717, 1.165) is 18.5 Å². The number of nitrogens with two attached hydrogens (primary N) is 1. The molecule has 0 saturated carbocycles. The van der Waals surface area contributed by atoms with Crippen LogP contribution in [0.3, 0.4) is 0 Å². The van der Waals surface area contributed by atoms with Crippen molar-refractivity contribution in [3.63, 3.8) is 0 Å². The number of halogens is 2. The Balaban J connectivity index is 2.46. The van der Waals surface area contributed by atoms with Gasteiger partial charge in [0, 0.05) is 17.6 Å². The van der Waals surface area contributed by atoms with Gasteiger partial charge in [0.2, 0.25) is 0 Å². The number of benzene rings is 1. The van der Waals surface area contributed by atoms with Gasteiger partial charge in [0.25, 0.3) is 0 Å². The molecule has 0 amide bonds. The van der Waals surface area contributed by atoms with Gasteiger partial charge in [0.15, 0.2) is 0 Å². The molecule has 0 spiro atoms. The predicted octanol–water partition coefficient (Wildman–Crippen LogP) is 3.28. The Kier molecular flexibility index (Phi) is 6.06. The molecule has 1 rings (SSSR count). The van der Waals surface area contributed by atoms with Crippen molar-refractivity contribution in [3.05, 3.63) is 34.6 Å². The number of rotatable bonds is 6. The molecular weight excluding hydrogens is 251 g/mol. The van der Waals surface area contributed by atoms with Crippen molar-refractivity contribution in [2.45, 2.75) is 32.9 Å². The van der Waals surface area contributed by atoms with E-state index in [4.69, 9.17) is 17.3 Å². The first-order valence-electron chi connectivity index (χ1n) is 6.27. The maximum Gasteiger partial charge on any atom is 0.125 e. The zero-order valence-electron chi connectivity index (χ0n) is 11.3. The minimum absolute atomic E-state index is 0.212. The smallest absolute Gasteiger partial charge is 0.125 e. The van der Waals surface area contributed by atoms with Crippen molar-refractivity contribution in [1.29, 1.82) is 0 Å². The SMILES string of the molecule is CC(C)C(N)CCN(C)Cc1cc(F)cc(Cl)c1. The molecule has 1 aromatic rings. The third-order valence-corrected chi connectivity index (χ3v) is 3.29. The van der Waals surface area contributed by atoms with E-state index < -0.39 is 0 Å². The normalized spacial score (nSPS) is 13.3. The monoisotopic (exact) mass is 272 g/mol. The fourth-order valence-corrected chi connectivity index (χ4v) is 2.04. The Morgan fingerprint density at radius 3 is 2.56 bits per heavy atom. The van der Waals surface area contributed by atoms with E-state index in [-0.39, 0.29) is 11.9 Å². The first-order valence-corrected chi connectivity index (χ1v) is 6.65. The van der Waals surface area contributed by atoms with Gasteiger partial charge in [0.1, 0.15) is 5.82 Å². The average Bonchev–Trinajstić information content (AvgIpc) is 2.24. The zero-order chi connectivity index (χ0) is 13.7. The number of hydrogen-bond donors (Lipinski definition) is 1. The first-order chi connectivity index (χ1) is 8.38. The highest BCUT2D eigenvalue weighted by molar-refractivity contribution is 6.30. The molecule has 0 aliphatic rings. The van der Waals surface area contributed by atoms with Gasteiger partial charge < -0.3 is 10.6 Å². The Hall–Kier alpha value is -0.640. The van der Waals surface area contributed by atoms with E-state index >= 15 is 0 Å². The maximum atomic E-state index is 13.2. The fourth-order valence-electron chi connectivity index (χ4n) is 1.80. The molecule has 0 saturated heterocycles. The summed E-state index contributed by atoms with van der Waals surface area (Å²) >= 11 is 5.82. The average molecular weight is 273 g/mol. The van der Waals surface area contributed by atoms with Gasteiger partial charge >= 0.3 is 0 Å². The summed E-state index contributed by atoms with van der Waals surface area (Å²) in [7, 11) is 2.01. The summed E-state index contributed by atoms with van der Waals surface area (Å²) < 4.78 is 13.2. The fraction of sp³-hybridized carbons (Fsp3) is 0.571. The van der Waals surface area contributed by atoms with Gasteiger partial charge in [0.05, 0.1) is 0 Å². The Morgan fingerprint density at radius 2 is 2.00 bits per heavy atom. The van der Waals surface area contributed by atoms with E-state index in [1.807, 2.05) is 7.05 Å². The zero-order valence-corrected chi connectivity index (χ0v) is 12.0. The molecule has 0 fully saturated rings. The largest absolute Gasteiger partial charge is 0.327 e. The van der Waals surface area contributed by atoms with Crippen LogP contribution in [-0.4, -0.2) is 24.5 Å². The molecule has 0 aliphatic heterocycles. The highest BCUT2D eigenvalue weighted by atomic mass is 35.5. The molecule has 4 heteroatoms. The lowest BCUT2D eigenvalue weighted by Crippen LogP contribution is -2.31. The second kappa shape index (κ2) is 7.07. The quantitative estimate of drug-likeness (QED) is 0.861. The second-order valence-electron chi connectivity index (χ2n) is 5.21. The third kappa shape index (κ3) is 5.34. The molecule has 1 atom stereocenters. The minimum atomic E-state index is -0.287. The van der Waals surface area contributed by atoms with Gasteiger partial charge in [-0.1, -0.05) is 25.4 Å².